The van der Waals surface area contributed by atoms with Gasteiger partial charge >= 0.3 is 0 Å². The van der Waals surface area contributed by atoms with Crippen LogP contribution in [0.3, 0.4) is 0 Å². The van der Waals surface area contributed by atoms with Crippen LogP contribution in [0.25, 0.3) is 0 Å². The van der Waals surface area contributed by atoms with Crippen molar-refractivity contribution in [3.05, 3.63) is 34.9 Å². The highest BCUT2D eigenvalue weighted by Gasteiger charge is 2.44. The van der Waals surface area contributed by atoms with E-state index in [2.05, 4.69) is 10.1 Å². The van der Waals surface area contributed by atoms with Crippen LogP contribution in [0, 0.1) is 26.7 Å². The predicted octanol–water partition coefficient (Wildman–Crippen LogP) is 2.06. The molecule has 4 heterocycles. The van der Waals surface area contributed by atoms with Gasteiger partial charge in [-0.3, -0.25) is 4.79 Å². The predicted molar refractivity (Wildman–Crippen MR) is 83.6 cm³/mol. The normalized spacial score (nSPS) is 26.1. The second-order valence-corrected chi connectivity index (χ2v) is 6.77. The Kier molecular flexibility index (Phi) is 3.68. The molecule has 0 N–H and O–H groups in total. The quantitative estimate of drug-likeness (QED) is 0.856. The fourth-order valence-corrected chi connectivity index (χ4v) is 3.79. The minimum absolute atomic E-state index is 0.0337. The number of rotatable bonds is 3. The number of hydrogen-bond donors (Lipinski definition) is 0. The van der Waals surface area contributed by atoms with Crippen molar-refractivity contribution in [1.82, 2.24) is 15.0 Å². The highest BCUT2D eigenvalue weighted by molar-refractivity contribution is 5.95. The van der Waals surface area contributed by atoms with Gasteiger partial charge in [0.15, 0.2) is 5.82 Å². The molecule has 7 nitrogen and oxygen atoms in total. The van der Waals surface area contributed by atoms with Gasteiger partial charge in [0.05, 0.1) is 24.2 Å². The summed E-state index contributed by atoms with van der Waals surface area (Å²) in [4.78, 5) is 18.8. The molecule has 24 heavy (non-hydrogen) atoms. The van der Waals surface area contributed by atoms with E-state index in [1.54, 1.807) is 6.92 Å². The summed E-state index contributed by atoms with van der Waals surface area (Å²) in [5.74, 6) is 3.12. The van der Waals surface area contributed by atoms with Gasteiger partial charge in [-0.1, -0.05) is 5.16 Å². The van der Waals surface area contributed by atoms with Crippen LogP contribution in [0.15, 0.2) is 15.0 Å². The van der Waals surface area contributed by atoms with Gasteiger partial charge in [0.2, 0.25) is 5.89 Å². The molecule has 128 valence electrons. The van der Waals surface area contributed by atoms with Crippen LogP contribution >= 0.6 is 0 Å². The van der Waals surface area contributed by atoms with Gasteiger partial charge in [-0.25, -0.2) is 0 Å². The van der Waals surface area contributed by atoms with Crippen molar-refractivity contribution in [2.45, 2.75) is 45.8 Å². The van der Waals surface area contributed by atoms with E-state index in [0.717, 1.165) is 18.7 Å². The van der Waals surface area contributed by atoms with Crippen LogP contribution in [0.4, 0.5) is 0 Å². The van der Waals surface area contributed by atoms with E-state index in [4.69, 9.17) is 13.7 Å². The third-order valence-corrected chi connectivity index (χ3v) is 4.84. The summed E-state index contributed by atoms with van der Waals surface area (Å²) in [6, 6.07) is 1.81. The SMILES string of the molecule is Cc1noc(C[C@@H]2C[C@@H]3CN(C(=O)c4cc(C)oc4C)C[C@@H]3O2)n1. The minimum Gasteiger partial charge on any atom is -0.466 e. The summed E-state index contributed by atoms with van der Waals surface area (Å²) in [6.45, 7) is 6.85. The molecule has 0 unspecified atom stereocenters. The zero-order valence-electron chi connectivity index (χ0n) is 14.1. The number of carbonyl (C=O) groups is 1. The first-order valence-corrected chi connectivity index (χ1v) is 8.30. The number of fused-ring (bicyclic) bond motifs is 1. The van der Waals surface area contributed by atoms with Crippen LogP contribution in [-0.2, 0) is 11.2 Å². The lowest BCUT2D eigenvalue weighted by Gasteiger charge is -2.18. The average Bonchev–Trinajstić information content (AvgIpc) is 3.24. The molecule has 0 spiro atoms. The number of nitrogens with zero attached hydrogens (tertiary/aromatic N) is 3. The summed E-state index contributed by atoms with van der Waals surface area (Å²) in [5, 5.41) is 3.81. The third kappa shape index (κ3) is 2.73. The number of furan rings is 1. The lowest BCUT2D eigenvalue weighted by atomic mass is 10.0. The Morgan fingerprint density at radius 2 is 2.17 bits per heavy atom. The molecule has 2 aromatic heterocycles. The number of amides is 1. The van der Waals surface area contributed by atoms with E-state index < -0.39 is 0 Å². The Balaban J connectivity index is 1.37. The van der Waals surface area contributed by atoms with Crippen LogP contribution in [0.1, 0.15) is 40.0 Å². The van der Waals surface area contributed by atoms with E-state index in [1.165, 1.54) is 0 Å². The summed E-state index contributed by atoms with van der Waals surface area (Å²) in [6.07, 6.45) is 1.74. The van der Waals surface area contributed by atoms with Crippen molar-refractivity contribution < 1.29 is 18.5 Å². The lowest BCUT2D eigenvalue weighted by molar-refractivity contribution is 0.0330. The molecular weight excluding hydrogens is 310 g/mol. The van der Waals surface area contributed by atoms with Crippen molar-refractivity contribution >= 4 is 5.91 Å². The summed E-state index contributed by atoms with van der Waals surface area (Å²) in [5.41, 5.74) is 0.658. The van der Waals surface area contributed by atoms with Gasteiger partial charge in [0.25, 0.3) is 5.91 Å². The molecule has 2 aliphatic heterocycles. The Hall–Kier alpha value is -2.15. The molecule has 2 saturated heterocycles. The minimum atomic E-state index is 0.0337. The van der Waals surface area contributed by atoms with Crippen molar-refractivity contribution in [3.63, 3.8) is 0 Å². The molecule has 3 atom stereocenters. The smallest absolute Gasteiger partial charge is 0.257 e. The number of ether oxygens (including phenoxy) is 1. The monoisotopic (exact) mass is 331 g/mol. The fraction of sp³-hybridized carbons (Fsp3) is 0.588. The van der Waals surface area contributed by atoms with Gasteiger partial charge in [0.1, 0.15) is 11.5 Å². The molecule has 4 rings (SSSR count). The second-order valence-electron chi connectivity index (χ2n) is 6.77. The largest absolute Gasteiger partial charge is 0.466 e. The first-order valence-electron chi connectivity index (χ1n) is 8.30. The second kappa shape index (κ2) is 5.73. The molecule has 2 fully saturated rings. The van der Waals surface area contributed by atoms with E-state index >= 15 is 0 Å². The van der Waals surface area contributed by atoms with Crippen LogP contribution in [-0.4, -0.2) is 46.2 Å². The highest BCUT2D eigenvalue weighted by Crippen LogP contribution is 2.35. The molecule has 7 heteroatoms. The molecule has 0 radical (unpaired) electrons. The molecule has 1 amide bonds. The maximum Gasteiger partial charge on any atom is 0.257 e. The fourth-order valence-electron chi connectivity index (χ4n) is 3.79. The van der Waals surface area contributed by atoms with Crippen LogP contribution in [0.2, 0.25) is 0 Å². The van der Waals surface area contributed by atoms with Crippen LogP contribution < -0.4 is 0 Å². The molecule has 2 aliphatic rings. The topological polar surface area (TPSA) is 81.6 Å². The Labute approximate surface area is 140 Å². The Bertz CT molecular complexity index is 752. The lowest BCUT2D eigenvalue weighted by Crippen LogP contribution is -2.31. The highest BCUT2D eigenvalue weighted by atomic mass is 16.5. The number of likely N-dealkylation sites (tertiary alicyclic amines) is 1. The summed E-state index contributed by atoms with van der Waals surface area (Å²) in [7, 11) is 0. The van der Waals surface area contributed by atoms with E-state index in [1.807, 2.05) is 24.8 Å². The van der Waals surface area contributed by atoms with Crippen molar-refractivity contribution in [1.29, 1.82) is 0 Å². The average molecular weight is 331 g/mol. The van der Waals surface area contributed by atoms with Crippen molar-refractivity contribution in [3.8, 4) is 0 Å². The molecule has 0 saturated carbocycles. The van der Waals surface area contributed by atoms with Gasteiger partial charge in [-0.2, -0.15) is 4.98 Å². The maximum atomic E-state index is 12.7. The number of aromatic nitrogens is 2. The first-order chi connectivity index (χ1) is 11.5. The van der Waals surface area contributed by atoms with Gasteiger partial charge < -0.3 is 18.6 Å². The number of aryl methyl sites for hydroxylation is 3. The van der Waals surface area contributed by atoms with Gasteiger partial charge in [0, 0.05) is 19.0 Å². The van der Waals surface area contributed by atoms with Gasteiger partial charge in [-0.05, 0) is 33.3 Å². The summed E-state index contributed by atoms with van der Waals surface area (Å²) >= 11 is 0. The number of carbonyl (C=O) groups excluding carboxylic acids is 1. The maximum absolute atomic E-state index is 12.7. The zero-order valence-corrected chi connectivity index (χ0v) is 14.1. The van der Waals surface area contributed by atoms with Crippen LogP contribution in [0.5, 0.6) is 0 Å². The van der Waals surface area contributed by atoms with E-state index in [9.17, 15) is 4.79 Å². The van der Waals surface area contributed by atoms with Gasteiger partial charge in [-0.15, -0.1) is 0 Å². The Morgan fingerprint density at radius 1 is 1.33 bits per heavy atom. The molecule has 0 bridgehead atoms. The third-order valence-electron chi connectivity index (χ3n) is 4.84. The van der Waals surface area contributed by atoms with Crippen molar-refractivity contribution in [2.75, 3.05) is 13.1 Å². The number of hydrogen-bond acceptors (Lipinski definition) is 6. The summed E-state index contributed by atoms with van der Waals surface area (Å²) < 4.78 is 16.7. The molecular formula is C17H21N3O4. The zero-order chi connectivity index (χ0) is 16.8. The molecule has 2 aromatic rings. The Morgan fingerprint density at radius 3 is 2.79 bits per heavy atom. The molecule has 0 aromatic carbocycles. The van der Waals surface area contributed by atoms with E-state index in [0.29, 0.717) is 41.9 Å². The first kappa shape index (κ1) is 15.4. The molecule has 0 aliphatic carbocycles. The van der Waals surface area contributed by atoms with E-state index in [-0.39, 0.29) is 18.1 Å². The van der Waals surface area contributed by atoms with Crippen molar-refractivity contribution in [2.24, 2.45) is 5.92 Å². The standard InChI is InChI=1S/C17H21N3O4/c1-9-4-14(10(2)22-9)17(21)20-7-12-5-13(23-15(12)8-20)6-16-18-11(3)19-24-16/h4,12-13,15H,5-8H2,1-3H3/t12-,13+,15+/m1/s1.